The summed E-state index contributed by atoms with van der Waals surface area (Å²) in [7, 11) is -4.57. The third-order valence-corrected chi connectivity index (χ3v) is 5.19. The molecule has 142 valence electrons. The van der Waals surface area contributed by atoms with E-state index in [1.165, 1.54) is 56.7 Å². The van der Waals surface area contributed by atoms with Gasteiger partial charge in [0.2, 0.25) is 0 Å². The quantitative estimate of drug-likeness (QED) is 0.332. The van der Waals surface area contributed by atoms with Crippen molar-refractivity contribution in [2.75, 3.05) is 0 Å². The van der Waals surface area contributed by atoms with E-state index in [1.54, 1.807) is 12.1 Å². The fourth-order valence-electron chi connectivity index (χ4n) is 2.92. The molecule has 0 saturated carbocycles. The smallest absolute Gasteiger partial charge is 0.744 e. The van der Waals surface area contributed by atoms with Crippen LogP contribution in [-0.2, 0) is 16.5 Å². The van der Waals surface area contributed by atoms with Crippen molar-refractivity contribution >= 4 is 10.1 Å². The maximum Gasteiger partial charge on any atom is 1.00 e. The molecular weight excluding hydrogens is 371 g/mol. The molecule has 0 aromatic heterocycles. The predicted molar refractivity (Wildman–Crippen MR) is 103 cm³/mol. The van der Waals surface area contributed by atoms with Crippen molar-refractivity contribution in [1.29, 1.82) is 0 Å². The molecule has 0 saturated heterocycles. The van der Waals surface area contributed by atoms with Gasteiger partial charge in [0.05, 0.1) is 4.90 Å². The largest absolute Gasteiger partial charge is 1.00 e. The maximum atomic E-state index is 11.3. The fourth-order valence-corrected chi connectivity index (χ4v) is 3.52. The van der Waals surface area contributed by atoms with Gasteiger partial charge >= 0.3 is 29.6 Å². The number of aryl methyl sites for hydroxylation is 1. The Hall–Kier alpha value is -0.850. The Bertz CT molecular complexity index is 790. The summed E-state index contributed by atoms with van der Waals surface area (Å²) in [5.74, 6) is 0.608. The molecule has 6 heteroatoms. The van der Waals surface area contributed by atoms with Gasteiger partial charge in [0, 0.05) is 0 Å². The Morgan fingerprint density at radius 1 is 0.889 bits per heavy atom. The first kappa shape index (κ1) is 24.2. The monoisotopic (exact) mass is 398 g/mol. The van der Waals surface area contributed by atoms with E-state index in [0.29, 0.717) is 5.75 Å². The van der Waals surface area contributed by atoms with Crippen LogP contribution in [0.25, 0.3) is 0 Å². The third-order valence-electron chi connectivity index (χ3n) is 4.31. The van der Waals surface area contributed by atoms with Crippen molar-refractivity contribution in [1.82, 2.24) is 0 Å². The van der Waals surface area contributed by atoms with Crippen LogP contribution in [0, 0.1) is 0 Å². The number of hydrogen-bond donors (Lipinski definition) is 0. The van der Waals surface area contributed by atoms with Gasteiger partial charge in [0.15, 0.2) is 0 Å². The van der Waals surface area contributed by atoms with Gasteiger partial charge in [0.25, 0.3) is 0 Å². The minimum Gasteiger partial charge on any atom is -0.744 e. The van der Waals surface area contributed by atoms with Gasteiger partial charge in [-0.1, -0.05) is 69.7 Å². The van der Waals surface area contributed by atoms with E-state index in [9.17, 15) is 13.0 Å². The summed E-state index contributed by atoms with van der Waals surface area (Å²) in [6, 6.07) is 13.5. The fraction of sp³-hybridized carbons (Fsp3) is 0.429. The first-order valence-corrected chi connectivity index (χ1v) is 10.7. The summed E-state index contributed by atoms with van der Waals surface area (Å²) in [4.78, 5) is -0.336. The molecule has 4 nitrogen and oxygen atoms in total. The van der Waals surface area contributed by atoms with Crippen molar-refractivity contribution in [3.05, 3.63) is 54.1 Å². The average Bonchev–Trinajstić information content (AvgIpc) is 2.61. The summed E-state index contributed by atoms with van der Waals surface area (Å²) in [6.45, 7) is 2.22. The van der Waals surface area contributed by atoms with E-state index < -0.39 is 10.1 Å². The molecule has 0 aliphatic heterocycles. The molecular formula is C21H27NaO4S. The van der Waals surface area contributed by atoms with E-state index in [2.05, 4.69) is 6.92 Å². The van der Waals surface area contributed by atoms with E-state index >= 15 is 0 Å². The molecule has 0 N–H and O–H groups in total. The van der Waals surface area contributed by atoms with Crippen molar-refractivity contribution in [3.63, 3.8) is 0 Å². The molecule has 0 aliphatic carbocycles. The van der Waals surface area contributed by atoms with Crippen molar-refractivity contribution in [3.8, 4) is 11.5 Å². The molecule has 0 unspecified atom stereocenters. The molecule has 0 aliphatic rings. The topological polar surface area (TPSA) is 66.4 Å². The van der Waals surface area contributed by atoms with Gasteiger partial charge in [-0.15, -0.1) is 0 Å². The summed E-state index contributed by atoms with van der Waals surface area (Å²) < 4.78 is 39.7. The maximum absolute atomic E-state index is 11.3. The second-order valence-electron chi connectivity index (χ2n) is 6.52. The molecule has 0 radical (unpaired) electrons. The predicted octanol–water partition coefficient (Wildman–Crippen LogP) is 2.68. The average molecular weight is 399 g/mol. The van der Waals surface area contributed by atoms with Crippen LogP contribution in [0.4, 0.5) is 0 Å². The molecule has 2 rings (SSSR count). The zero-order valence-corrected chi connectivity index (χ0v) is 19.1. The molecule has 27 heavy (non-hydrogen) atoms. The summed E-state index contributed by atoms with van der Waals surface area (Å²) >= 11 is 0. The van der Waals surface area contributed by atoms with Crippen LogP contribution in [0.5, 0.6) is 11.5 Å². The summed E-state index contributed by atoms with van der Waals surface area (Å²) in [5, 5.41) is 0. The number of para-hydroxylation sites is 1. The summed E-state index contributed by atoms with van der Waals surface area (Å²) in [5.41, 5.74) is 1.15. The van der Waals surface area contributed by atoms with Crippen LogP contribution in [0.2, 0.25) is 0 Å². The van der Waals surface area contributed by atoms with Crippen molar-refractivity contribution < 1.29 is 47.3 Å². The molecule has 2 aromatic carbocycles. The molecule has 0 atom stereocenters. The number of benzene rings is 2. The molecule has 0 bridgehead atoms. The van der Waals surface area contributed by atoms with Gasteiger partial charge in [-0.2, -0.15) is 0 Å². The Balaban J connectivity index is 0.00000364. The van der Waals surface area contributed by atoms with Gasteiger partial charge in [0.1, 0.15) is 21.6 Å². The standard InChI is InChI=1S/C21H28O4S.Na/c1-2-3-4-5-6-7-8-12-18-13-11-14-19(17-18)25-20-15-9-10-16-21(20)26(22,23)24;/h9-11,13-17H,2-8,12H2,1H3,(H,22,23,24);/q;+1/p-1. The van der Waals surface area contributed by atoms with Crippen LogP contribution in [0.3, 0.4) is 0 Å². The van der Waals surface area contributed by atoms with Crippen LogP contribution < -0.4 is 34.3 Å². The van der Waals surface area contributed by atoms with E-state index in [-0.39, 0.29) is 40.2 Å². The van der Waals surface area contributed by atoms with Crippen molar-refractivity contribution in [2.24, 2.45) is 0 Å². The number of hydrogen-bond acceptors (Lipinski definition) is 4. The summed E-state index contributed by atoms with van der Waals surface area (Å²) in [6.07, 6.45) is 9.79. The normalized spacial score (nSPS) is 11.0. The SMILES string of the molecule is CCCCCCCCCc1cccc(Oc2ccccc2S(=O)(=O)[O-])c1.[Na+]. The van der Waals surface area contributed by atoms with E-state index in [0.717, 1.165) is 18.4 Å². The van der Waals surface area contributed by atoms with Gasteiger partial charge in [-0.3, -0.25) is 0 Å². The van der Waals surface area contributed by atoms with Crippen LogP contribution in [0.15, 0.2) is 53.4 Å². The number of ether oxygens (including phenoxy) is 1. The Morgan fingerprint density at radius 2 is 1.56 bits per heavy atom. The molecule has 2 aromatic rings. The number of rotatable bonds is 11. The number of unbranched alkanes of at least 4 members (excludes halogenated alkanes) is 6. The second kappa shape index (κ2) is 12.6. The van der Waals surface area contributed by atoms with Crippen LogP contribution in [-0.4, -0.2) is 13.0 Å². The van der Waals surface area contributed by atoms with E-state index in [1.807, 2.05) is 18.2 Å². The van der Waals surface area contributed by atoms with Crippen molar-refractivity contribution in [2.45, 2.75) is 63.2 Å². The Labute approximate surface area is 185 Å². The Morgan fingerprint density at radius 3 is 2.26 bits per heavy atom. The Kier molecular flexibility index (Phi) is 11.3. The zero-order valence-electron chi connectivity index (χ0n) is 16.3. The van der Waals surface area contributed by atoms with Crippen LogP contribution in [0.1, 0.15) is 57.4 Å². The van der Waals surface area contributed by atoms with Gasteiger partial charge in [-0.25, -0.2) is 8.42 Å². The zero-order chi connectivity index (χ0) is 18.8. The minimum atomic E-state index is -4.57. The van der Waals surface area contributed by atoms with E-state index in [4.69, 9.17) is 4.74 Å². The second-order valence-corrected chi connectivity index (χ2v) is 7.87. The molecule has 0 fully saturated rings. The minimum absolute atomic E-state index is 0. The molecule has 0 heterocycles. The first-order valence-electron chi connectivity index (χ1n) is 9.32. The van der Waals surface area contributed by atoms with Gasteiger partial charge < -0.3 is 9.29 Å². The third kappa shape index (κ3) is 8.79. The van der Waals surface area contributed by atoms with Gasteiger partial charge in [-0.05, 0) is 42.7 Å². The molecule has 0 spiro atoms. The first-order chi connectivity index (χ1) is 12.5. The van der Waals surface area contributed by atoms with Crippen LogP contribution >= 0.6 is 0 Å². The molecule has 0 amide bonds.